The molecule has 0 saturated heterocycles. The molecule has 126 valence electrons. The van der Waals surface area contributed by atoms with Crippen LogP contribution in [0.2, 0.25) is 0 Å². The zero-order chi connectivity index (χ0) is 16.2. The number of hydrogen-bond acceptors (Lipinski definition) is 3. The number of aliphatic hydroxyl groups is 1. The first-order chi connectivity index (χ1) is 11.2. The average molecular weight is 318 g/mol. The number of ether oxygens (including phenoxy) is 1. The summed E-state index contributed by atoms with van der Waals surface area (Å²) in [5.74, 6) is 0. The molecule has 1 aromatic carbocycles. The Bertz CT molecular complexity index is 549. The Labute approximate surface area is 137 Å². The van der Waals surface area contributed by atoms with Gasteiger partial charge in [0.15, 0.2) is 0 Å². The van der Waals surface area contributed by atoms with Crippen molar-refractivity contribution in [2.75, 3.05) is 20.3 Å². The number of nitrogens with one attached hydrogen (secondary N) is 1. The van der Waals surface area contributed by atoms with Crippen LogP contribution in [0, 0.1) is 0 Å². The van der Waals surface area contributed by atoms with Crippen molar-refractivity contribution in [3.05, 3.63) is 35.4 Å². The maximum absolute atomic E-state index is 12.8. The number of amides is 2. The number of carbonyl (C=O) groups excluding carboxylic acids is 1. The lowest BCUT2D eigenvalue weighted by Crippen LogP contribution is -2.53. The van der Waals surface area contributed by atoms with Crippen molar-refractivity contribution in [2.24, 2.45) is 0 Å². The van der Waals surface area contributed by atoms with E-state index >= 15 is 0 Å². The smallest absolute Gasteiger partial charge is 0.318 e. The lowest BCUT2D eigenvalue weighted by atomic mass is 9.91. The molecule has 1 aliphatic heterocycles. The summed E-state index contributed by atoms with van der Waals surface area (Å²) < 4.78 is 5.52. The van der Waals surface area contributed by atoms with E-state index in [1.54, 1.807) is 12.0 Å². The van der Waals surface area contributed by atoms with E-state index in [9.17, 15) is 9.90 Å². The van der Waals surface area contributed by atoms with Gasteiger partial charge in [-0.05, 0) is 30.4 Å². The van der Waals surface area contributed by atoms with Crippen molar-refractivity contribution in [3.8, 4) is 0 Å². The van der Waals surface area contributed by atoms with E-state index in [-0.39, 0.29) is 30.8 Å². The molecule has 1 aromatic rings. The molecule has 1 saturated carbocycles. The highest BCUT2D eigenvalue weighted by Gasteiger charge is 2.33. The van der Waals surface area contributed by atoms with Crippen LogP contribution < -0.4 is 5.32 Å². The van der Waals surface area contributed by atoms with Gasteiger partial charge in [0.1, 0.15) is 0 Å². The van der Waals surface area contributed by atoms with E-state index < -0.39 is 0 Å². The fraction of sp³-hybridized carbons (Fsp3) is 0.611. The number of methoxy groups -OCH3 is 1. The molecule has 3 rings (SSSR count). The predicted molar refractivity (Wildman–Crippen MR) is 88.3 cm³/mol. The van der Waals surface area contributed by atoms with E-state index in [4.69, 9.17) is 4.74 Å². The highest BCUT2D eigenvalue weighted by Crippen LogP contribution is 2.30. The average Bonchev–Trinajstić information content (AvgIpc) is 2.61. The molecule has 0 radical (unpaired) electrons. The van der Waals surface area contributed by atoms with Gasteiger partial charge in [0.2, 0.25) is 0 Å². The van der Waals surface area contributed by atoms with Gasteiger partial charge in [-0.25, -0.2) is 4.79 Å². The fourth-order valence-corrected chi connectivity index (χ4v) is 3.88. The molecule has 2 N–H and O–H groups in total. The Morgan fingerprint density at radius 2 is 2.13 bits per heavy atom. The number of benzene rings is 1. The van der Waals surface area contributed by atoms with Crippen LogP contribution in [0.4, 0.5) is 4.79 Å². The maximum Gasteiger partial charge on any atom is 0.318 e. The van der Waals surface area contributed by atoms with Crippen LogP contribution in [0.15, 0.2) is 24.3 Å². The monoisotopic (exact) mass is 318 g/mol. The SMILES string of the molecule is CO[C@@H]1CCCC[C@H]1NC(=O)N1CCc2ccccc2[C@H]1CO. The molecule has 0 unspecified atom stereocenters. The van der Waals surface area contributed by atoms with Gasteiger partial charge in [-0.2, -0.15) is 0 Å². The Morgan fingerprint density at radius 1 is 1.35 bits per heavy atom. The maximum atomic E-state index is 12.8. The second-order valence-corrected chi connectivity index (χ2v) is 6.46. The van der Waals surface area contributed by atoms with Gasteiger partial charge < -0.3 is 20.1 Å². The van der Waals surface area contributed by atoms with Gasteiger partial charge >= 0.3 is 6.03 Å². The molecule has 1 heterocycles. The first kappa shape index (κ1) is 16.3. The van der Waals surface area contributed by atoms with Crippen molar-refractivity contribution in [1.29, 1.82) is 0 Å². The zero-order valence-corrected chi connectivity index (χ0v) is 13.7. The van der Waals surface area contributed by atoms with E-state index in [2.05, 4.69) is 11.4 Å². The number of carbonyl (C=O) groups is 1. The van der Waals surface area contributed by atoms with Crippen molar-refractivity contribution in [3.63, 3.8) is 0 Å². The number of hydrogen-bond donors (Lipinski definition) is 2. The summed E-state index contributed by atoms with van der Waals surface area (Å²) >= 11 is 0. The van der Waals surface area contributed by atoms with E-state index in [1.165, 1.54) is 5.56 Å². The third-order valence-corrected chi connectivity index (χ3v) is 5.16. The lowest BCUT2D eigenvalue weighted by Gasteiger charge is -2.39. The second-order valence-electron chi connectivity index (χ2n) is 6.46. The Morgan fingerprint density at radius 3 is 2.91 bits per heavy atom. The van der Waals surface area contributed by atoms with Crippen LogP contribution in [-0.4, -0.2) is 48.4 Å². The van der Waals surface area contributed by atoms with E-state index in [0.717, 1.165) is 37.7 Å². The minimum Gasteiger partial charge on any atom is -0.394 e. The predicted octanol–water partition coefficient (Wildman–Crippen LogP) is 2.25. The number of rotatable bonds is 3. The zero-order valence-electron chi connectivity index (χ0n) is 13.7. The minimum atomic E-state index is -0.260. The van der Waals surface area contributed by atoms with Gasteiger partial charge in [0.25, 0.3) is 0 Å². The summed E-state index contributed by atoms with van der Waals surface area (Å²) in [4.78, 5) is 14.5. The van der Waals surface area contributed by atoms with Gasteiger partial charge in [-0.15, -0.1) is 0 Å². The largest absolute Gasteiger partial charge is 0.394 e. The van der Waals surface area contributed by atoms with Crippen LogP contribution in [0.25, 0.3) is 0 Å². The summed E-state index contributed by atoms with van der Waals surface area (Å²) in [5.41, 5.74) is 2.28. The molecule has 0 spiro atoms. The summed E-state index contributed by atoms with van der Waals surface area (Å²) in [6, 6.07) is 7.78. The molecular weight excluding hydrogens is 292 g/mol. The summed E-state index contributed by atoms with van der Waals surface area (Å²) in [7, 11) is 1.71. The number of nitrogens with zero attached hydrogens (tertiary/aromatic N) is 1. The summed E-state index contributed by atoms with van der Waals surface area (Å²) in [6.45, 7) is 0.585. The van der Waals surface area contributed by atoms with Gasteiger partial charge in [-0.1, -0.05) is 37.1 Å². The second kappa shape index (κ2) is 7.32. The Hall–Kier alpha value is -1.59. The van der Waals surface area contributed by atoms with Crippen molar-refractivity contribution >= 4 is 6.03 Å². The third-order valence-electron chi connectivity index (χ3n) is 5.16. The number of aliphatic hydroxyl groups excluding tert-OH is 1. The van der Waals surface area contributed by atoms with Crippen molar-refractivity contribution in [2.45, 2.75) is 50.3 Å². The molecular formula is C18H26N2O3. The van der Waals surface area contributed by atoms with Crippen LogP contribution in [0.1, 0.15) is 42.9 Å². The molecule has 1 fully saturated rings. The molecule has 0 aromatic heterocycles. The highest BCUT2D eigenvalue weighted by atomic mass is 16.5. The standard InChI is InChI=1S/C18H26N2O3/c1-23-17-9-5-4-8-15(17)19-18(22)20-11-10-13-6-2-3-7-14(13)16(20)12-21/h2-3,6-7,15-17,21H,4-5,8-12H2,1H3,(H,19,22)/t15-,16-,17-/m1/s1. The van der Waals surface area contributed by atoms with Crippen LogP contribution in [0.5, 0.6) is 0 Å². The first-order valence-corrected chi connectivity index (χ1v) is 8.53. The van der Waals surface area contributed by atoms with Gasteiger partial charge in [-0.3, -0.25) is 0 Å². The van der Waals surface area contributed by atoms with Crippen LogP contribution in [0.3, 0.4) is 0 Å². The van der Waals surface area contributed by atoms with E-state index in [1.807, 2.05) is 18.2 Å². The fourth-order valence-electron chi connectivity index (χ4n) is 3.88. The third kappa shape index (κ3) is 3.35. The van der Waals surface area contributed by atoms with E-state index in [0.29, 0.717) is 6.54 Å². The van der Waals surface area contributed by atoms with Gasteiger partial charge in [0, 0.05) is 13.7 Å². The van der Waals surface area contributed by atoms with Crippen molar-refractivity contribution < 1.29 is 14.6 Å². The van der Waals surface area contributed by atoms with Crippen LogP contribution in [-0.2, 0) is 11.2 Å². The summed E-state index contributed by atoms with van der Waals surface area (Å²) in [5, 5.41) is 13.0. The first-order valence-electron chi connectivity index (χ1n) is 8.53. The summed E-state index contributed by atoms with van der Waals surface area (Å²) in [6.07, 6.45) is 5.15. The van der Waals surface area contributed by atoms with Crippen LogP contribution >= 0.6 is 0 Å². The quantitative estimate of drug-likeness (QED) is 0.898. The molecule has 0 bridgehead atoms. The number of urea groups is 1. The molecule has 23 heavy (non-hydrogen) atoms. The normalized spacial score (nSPS) is 27.4. The minimum absolute atomic E-state index is 0.0528. The molecule has 2 amide bonds. The number of fused-ring (bicyclic) bond motifs is 1. The lowest BCUT2D eigenvalue weighted by molar-refractivity contribution is 0.0406. The Balaban J connectivity index is 1.72. The molecule has 3 atom stereocenters. The Kier molecular flexibility index (Phi) is 5.18. The van der Waals surface area contributed by atoms with Gasteiger partial charge in [0.05, 0.1) is 24.8 Å². The molecule has 1 aliphatic carbocycles. The van der Waals surface area contributed by atoms with Crippen molar-refractivity contribution in [1.82, 2.24) is 10.2 Å². The molecule has 5 heteroatoms. The topological polar surface area (TPSA) is 61.8 Å². The highest BCUT2D eigenvalue weighted by molar-refractivity contribution is 5.75. The molecule has 5 nitrogen and oxygen atoms in total. The molecule has 2 aliphatic rings.